The highest BCUT2D eigenvalue weighted by molar-refractivity contribution is 5.67. The minimum absolute atomic E-state index is 0.448. The van der Waals surface area contributed by atoms with E-state index < -0.39 is 0 Å². The predicted octanol–water partition coefficient (Wildman–Crippen LogP) is 2.83. The molecule has 1 aliphatic heterocycles. The number of hydrogen-bond acceptors (Lipinski definition) is 8. The number of aromatic nitrogens is 3. The summed E-state index contributed by atoms with van der Waals surface area (Å²) in [6.07, 6.45) is 1.69. The van der Waals surface area contributed by atoms with Crippen LogP contribution in [-0.2, 0) is 6.54 Å². The summed E-state index contributed by atoms with van der Waals surface area (Å²) in [7, 11) is 3.16. The van der Waals surface area contributed by atoms with Crippen molar-refractivity contribution in [2.75, 3.05) is 32.3 Å². The zero-order valence-corrected chi connectivity index (χ0v) is 16.1. The Kier molecular flexibility index (Phi) is 5.12. The molecule has 8 heteroatoms. The van der Waals surface area contributed by atoms with Gasteiger partial charge in [0.05, 0.1) is 32.0 Å². The molecule has 0 atom stereocenters. The summed E-state index contributed by atoms with van der Waals surface area (Å²) in [5.41, 5.74) is 2.99. The van der Waals surface area contributed by atoms with Crippen molar-refractivity contribution >= 4 is 5.82 Å². The third-order valence-corrected chi connectivity index (χ3v) is 4.67. The van der Waals surface area contributed by atoms with E-state index in [0.29, 0.717) is 54.2 Å². The van der Waals surface area contributed by atoms with E-state index in [4.69, 9.17) is 14.2 Å². The Balaban J connectivity index is 1.76. The van der Waals surface area contributed by atoms with E-state index in [-0.39, 0.29) is 0 Å². The van der Waals surface area contributed by atoms with Crippen LogP contribution in [0.2, 0.25) is 0 Å². The van der Waals surface area contributed by atoms with Gasteiger partial charge in [-0.15, -0.1) is 10.2 Å². The maximum atomic E-state index is 9.44. The Morgan fingerprint density at radius 1 is 1.14 bits per heavy atom. The lowest BCUT2D eigenvalue weighted by Gasteiger charge is -2.22. The van der Waals surface area contributed by atoms with Gasteiger partial charge in [-0.05, 0) is 30.3 Å². The second-order valence-electron chi connectivity index (χ2n) is 6.38. The average molecular weight is 389 g/mol. The van der Waals surface area contributed by atoms with Crippen molar-refractivity contribution in [2.24, 2.45) is 0 Å². The molecule has 3 heterocycles. The molecule has 0 amide bonds. The first-order valence-electron chi connectivity index (χ1n) is 9.05. The number of nitriles is 1. The van der Waals surface area contributed by atoms with Crippen LogP contribution in [-0.4, -0.2) is 42.6 Å². The van der Waals surface area contributed by atoms with E-state index in [1.807, 2.05) is 23.1 Å². The molecule has 0 spiro atoms. The quantitative estimate of drug-likeness (QED) is 0.672. The highest BCUT2D eigenvalue weighted by atomic mass is 16.5. The van der Waals surface area contributed by atoms with Gasteiger partial charge in [-0.2, -0.15) is 5.26 Å². The van der Waals surface area contributed by atoms with Crippen LogP contribution in [0.3, 0.4) is 0 Å². The van der Waals surface area contributed by atoms with E-state index in [1.165, 1.54) is 0 Å². The number of benzene rings is 1. The summed E-state index contributed by atoms with van der Waals surface area (Å²) in [5, 5.41) is 17.7. The third kappa shape index (κ3) is 3.62. The van der Waals surface area contributed by atoms with Crippen LogP contribution in [0, 0.1) is 11.3 Å². The molecule has 4 rings (SSSR count). The average Bonchev–Trinajstić information content (AvgIpc) is 3.00. The Morgan fingerprint density at radius 3 is 2.76 bits per heavy atom. The summed E-state index contributed by atoms with van der Waals surface area (Å²) < 4.78 is 16.7. The van der Waals surface area contributed by atoms with Gasteiger partial charge < -0.3 is 19.1 Å². The maximum absolute atomic E-state index is 9.44. The molecule has 0 saturated heterocycles. The predicted molar refractivity (Wildman–Crippen MR) is 106 cm³/mol. The summed E-state index contributed by atoms with van der Waals surface area (Å²) in [6.45, 7) is 1.57. The number of anilines is 1. The van der Waals surface area contributed by atoms with Crippen LogP contribution in [0.4, 0.5) is 5.82 Å². The lowest BCUT2D eigenvalue weighted by atomic mass is 10.0. The first-order chi connectivity index (χ1) is 14.2. The molecular formula is C21H19N5O3. The number of nitrogens with zero attached hydrogens (tertiary/aromatic N) is 5. The summed E-state index contributed by atoms with van der Waals surface area (Å²) in [4.78, 5) is 6.45. The molecule has 29 heavy (non-hydrogen) atoms. The van der Waals surface area contributed by atoms with Crippen molar-refractivity contribution in [1.82, 2.24) is 15.2 Å². The van der Waals surface area contributed by atoms with E-state index in [1.54, 1.807) is 38.6 Å². The van der Waals surface area contributed by atoms with Crippen LogP contribution in [0.25, 0.3) is 11.3 Å². The van der Waals surface area contributed by atoms with Crippen molar-refractivity contribution in [1.29, 1.82) is 5.26 Å². The zero-order valence-electron chi connectivity index (χ0n) is 16.1. The molecular weight excluding hydrogens is 370 g/mol. The Bertz CT molecular complexity index is 1060. The summed E-state index contributed by atoms with van der Waals surface area (Å²) >= 11 is 0. The van der Waals surface area contributed by atoms with Crippen LogP contribution >= 0.6 is 0 Å². The molecule has 0 fully saturated rings. The standard InChI is InChI=1S/C21H19N5O3/c1-27-18-11-15(17-5-6-19(28-2)25-24-17)10-16-13-26(8-9-29-20(16)18)21-14(12-22)4-3-7-23-21/h3-7,10-11H,8-9,13H2,1-2H3. The molecule has 0 aliphatic carbocycles. The van der Waals surface area contributed by atoms with Crippen molar-refractivity contribution in [3.8, 4) is 34.7 Å². The van der Waals surface area contributed by atoms with Gasteiger partial charge in [0, 0.05) is 29.9 Å². The second-order valence-corrected chi connectivity index (χ2v) is 6.38. The topological polar surface area (TPSA) is 93.4 Å². The van der Waals surface area contributed by atoms with Crippen LogP contribution in [0.1, 0.15) is 11.1 Å². The summed E-state index contributed by atoms with van der Waals surface area (Å²) in [5.74, 6) is 2.40. The van der Waals surface area contributed by atoms with Crippen LogP contribution in [0.15, 0.2) is 42.6 Å². The molecule has 8 nitrogen and oxygen atoms in total. The first-order valence-corrected chi connectivity index (χ1v) is 9.05. The Hall–Kier alpha value is -3.86. The van der Waals surface area contributed by atoms with Crippen molar-refractivity contribution in [2.45, 2.75) is 6.54 Å². The number of methoxy groups -OCH3 is 2. The van der Waals surface area contributed by atoms with Crippen molar-refractivity contribution < 1.29 is 14.2 Å². The van der Waals surface area contributed by atoms with Crippen LogP contribution < -0.4 is 19.1 Å². The molecule has 1 aliphatic rings. The Morgan fingerprint density at radius 2 is 2.03 bits per heavy atom. The van der Waals surface area contributed by atoms with Gasteiger partial charge in [0.15, 0.2) is 11.5 Å². The van der Waals surface area contributed by atoms with Crippen LogP contribution in [0.5, 0.6) is 17.4 Å². The first kappa shape index (κ1) is 18.5. The highest BCUT2D eigenvalue weighted by Crippen LogP contribution is 2.38. The molecule has 1 aromatic carbocycles. The number of ether oxygens (including phenoxy) is 3. The molecule has 3 aromatic rings. The zero-order chi connectivity index (χ0) is 20.2. The molecule has 0 unspecified atom stereocenters. The van der Waals surface area contributed by atoms with Gasteiger partial charge in [0.25, 0.3) is 0 Å². The Labute approximate surface area is 168 Å². The fraction of sp³-hybridized carbons (Fsp3) is 0.238. The molecule has 0 N–H and O–H groups in total. The van der Waals surface area contributed by atoms with E-state index in [9.17, 15) is 5.26 Å². The smallest absolute Gasteiger partial charge is 0.233 e. The van der Waals surface area contributed by atoms with Gasteiger partial charge >= 0.3 is 0 Å². The number of pyridine rings is 1. The highest BCUT2D eigenvalue weighted by Gasteiger charge is 2.23. The monoisotopic (exact) mass is 389 g/mol. The van der Waals surface area contributed by atoms with Gasteiger partial charge in [0.1, 0.15) is 18.5 Å². The maximum Gasteiger partial charge on any atom is 0.233 e. The van der Waals surface area contributed by atoms with Crippen molar-refractivity contribution in [3.63, 3.8) is 0 Å². The molecule has 146 valence electrons. The number of hydrogen-bond donors (Lipinski definition) is 0. The second kappa shape index (κ2) is 8.02. The van der Waals surface area contributed by atoms with E-state index in [2.05, 4.69) is 21.3 Å². The lowest BCUT2D eigenvalue weighted by Crippen LogP contribution is -2.26. The fourth-order valence-corrected chi connectivity index (χ4v) is 3.28. The van der Waals surface area contributed by atoms with Gasteiger partial charge in [-0.1, -0.05) is 0 Å². The van der Waals surface area contributed by atoms with Gasteiger partial charge in [0.2, 0.25) is 5.88 Å². The molecule has 2 aromatic heterocycles. The third-order valence-electron chi connectivity index (χ3n) is 4.67. The van der Waals surface area contributed by atoms with Gasteiger partial charge in [-0.25, -0.2) is 4.98 Å². The summed E-state index contributed by atoms with van der Waals surface area (Å²) in [6, 6.07) is 13.2. The van der Waals surface area contributed by atoms with E-state index >= 15 is 0 Å². The minimum Gasteiger partial charge on any atom is -0.493 e. The van der Waals surface area contributed by atoms with Gasteiger partial charge in [-0.3, -0.25) is 0 Å². The number of rotatable bonds is 4. The van der Waals surface area contributed by atoms with E-state index in [0.717, 1.165) is 11.1 Å². The normalized spacial score (nSPS) is 12.9. The lowest BCUT2D eigenvalue weighted by molar-refractivity contribution is 0.305. The molecule has 0 saturated carbocycles. The van der Waals surface area contributed by atoms with Crippen molar-refractivity contribution in [3.05, 3.63) is 53.7 Å². The SMILES string of the molecule is COc1ccc(-c2cc3c(c(OC)c2)OCCN(c2ncccc2C#N)C3)nn1. The fourth-order valence-electron chi connectivity index (χ4n) is 3.28. The number of fused-ring (bicyclic) bond motifs is 1. The largest absolute Gasteiger partial charge is 0.493 e. The molecule has 0 radical (unpaired) electrons. The minimum atomic E-state index is 0.448. The molecule has 0 bridgehead atoms.